The first-order valence-corrected chi connectivity index (χ1v) is 6.58. The van der Waals surface area contributed by atoms with Crippen LogP contribution in [0.5, 0.6) is 0 Å². The molecule has 3 rings (SSSR count). The Morgan fingerprint density at radius 3 is 2.75 bits per heavy atom. The Balaban J connectivity index is 1.99. The lowest BCUT2D eigenvalue weighted by molar-refractivity contribution is 0.0994. The van der Waals surface area contributed by atoms with E-state index in [1.807, 2.05) is 19.1 Å². The molecule has 2 heteroatoms. The van der Waals surface area contributed by atoms with Crippen LogP contribution in [0.4, 0.5) is 4.39 Å². The van der Waals surface area contributed by atoms with Gasteiger partial charge in [0, 0.05) is 23.1 Å². The molecule has 1 aliphatic carbocycles. The van der Waals surface area contributed by atoms with E-state index in [0.717, 1.165) is 28.7 Å². The molecule has 0 radical (unpaired) electrons. The smallest absolute Gasteiger partial charge is 0.163 e. The lowest BCUT2D eigenvalue weighted by atomic mass is 9.98. The fourth-order valence-corrected chi connectivity index (χ4v) is 2.55. The molecule has 0 fully saturated rings. The third-order valence-electron chi connectivity index (χ3n) is 3.67. The topological polar surface area (TPSA) is 17.1 Å². The zero-order valence-electron chi connectivity index (χ0n) is 11.2. The number of hydrogen-bond acceptors (Lipinski definition) is 1. The summed E-state index contributed by atoms with van der Waals surface area (Å²) < 4.78 is 13.1. The number of fused-ring (bicyclic) bond motifs is 1. The fraction of sp³-hybridized carbons (Fsp3) is 0.167. The van der Waals surface area contributed by atoms with Crippen molar-refractivity contribution in [2.24, 2.45) is 0 Å². The van der Waals surface area contributed by atoms with E-state index < -0.39 is 0 Å². The summed E-state index contributed by atoms with van der Waals surface area (Å²) in [5.74, 6) is 5.97. The van der Waals surface area contributed by atoms with Crippen LogP contribution >= 0.6 is 0 Å². The minimum Gasteiger partial charge on any atom is -0.294 e. The first-order valence-electron chi connectivity index (χ1n) is 6.58. The third-order valence-corrected chi connectivity index (χ3v) is 3.67. The number of hydrogen-bond donors (Lipinski definition) is 0. The van der Waals surface area contributed by atoms with Crippen molar-refractivity contribution in [1.29, 1.82) is 0 Å². The quantitative estimate of drug-likeness (QED) is 0.664. The Morgan fingerprint density at radius 1 is 1.10 bits per heavy atom. The minimum absolute atomic E-state index is 0.215. The summed E-state index contributed by atoms with van der Waals surface area (Å²) in [6, 6.07) is 9.98. The maximum atomic E-state index is 13.1. The first kappa shape index (κ1) is 12.6. The van der Waals surface area contributed by atoms with Gasteiger partial charge in [-0.1, -0.05) is 17.9 Å². The van der Waals surface area contributed by atoms with Crippen LogP contribution in [-0.2, 0) is 6.42 Å². The first-order chi connectivity index (χ1) is 9.65. The van der Waals surface area contributed by atoms with Gasteiger partial charge >= 0.3 is 0 Å². The summed E-state index contributed by atoms with van der Waals surface area (Å²) in [6.45, 7) is 1.99. The molecule has 0 saturated carbocycles. The highest BCUT2D eigenvalue weighted by molar-refractivity contribution is 6.01. The molecule has 0 amide bonds. The van der Waals surface area contributed by atoms with Gasteiger partial charge < -0.3 is 0 Å². The Kier molecular flexibility index (Phi) is 3.12. The van der Waals surface area contributed by atoms with Crippen molar-refractivity contribution in [1.82, 2.24) is 0 Å². The van der Waals surface area contributed by atoms with Crippen molar-refractivity contribution >= 4 is 5.78 Å². The van der Waals surface area contributed by atoms with Crippen molar-refractivity contribution in [2.75, 3.05) is 0 Å². The maximum Gasteiger partial charge on any atom is 0.163 e. The molecule has 98 valence electrons. The molecule has 0 N–H and O–H groups in total. The standard InChI is InChI=1S/C18H13FO/c1-12-14(6-5-13-3-2-4-15(19)11-13)7-8-17-16(12)9-10-18(17)20/h2-4,7-8,11H,9-10H2,1H3. The van der Waals surface area contributed by atoms with Crippen molar-refractivity contribution in [3.05, 3.63) is 70.0 Å². The summed E-state index contributed by atoms with van der Waals surface area (Å²) >= 11 is 0. The van der Waals surface area contributed by atoms with Crippen LogP contribution in [0, 0.1) is 24.6 Å². The highest BCUT2D eigenvalue weighted by Gasteiger charge is 2.21. The molecule has 0 aliphatic heterocycles. The van der Waals surface area contributed by atoms with Crippen molar-refractivity contribution in [3.8, 4) is 11.8 Å². The van der Waals surface area contributed by atoms with E-state index in [1.54, 1.807) is 12.1 Å². The molecule has 0 aromatic heterocycles. The van der Waals surface area contributed by atoms with Gasteiger partial charge in [0.2, 0.25) is 0 Å². The van der Waals surface area contributed by atoms with Crippen molar-refractivity contribution in [2.45, 2.75) is 19.8 Å². The van der Waals surface area contributed by atoms with E-state index >= 15 is 0 Å². The average molecular weight is 264 g/mol. The summed E-state index contributed by atoms with van der Waals surface area (Å²) in [7, 11) is 0. The second-order valence-corrected chi connectivity index (χ2v) is 4.95. The predicted octanol–water partition coefficient (Wildman–Crippen LogP) is 3.66. The van der Waals surface area contributed by atoms with Gasteiger partial charge in [-0.25, -0.2) is 4.39 Å². The Hall–Kier alpha value is -2.40. The second kappa shape index (κ2) is 4.94. The second-order valence-electron chi connectivity index (χ2n) is 4.95. The van der Waals surface area contributed by atoms with E-state index in [0.29, 0.717) is 12.0 Å². The van der Waals surface area contributed by atoms with Gasteiger partial charge in [-0.3, -0.25) is 4.79 Å². The van der Waals surface area contributed by atoms with Crippen LogP contribution in [0.1, 0.15) is 39.0 Å². The maximum absolute atomic E-state index is 13.1. The van der Waals surface area contributed by atoms with E-state index in [9.17, 15) is 9.18 Å². The molecule has 0 unspecified atom stereocenters. The molecule has 1 aliphatic rings. The summed E-state index contributed by atoms with van der Waals surface area (Å²) in [6.07, 6.45) is 1.40. The molecule has 0 bridgehead atoms. The van der Waals surface area contributed by atoms with Gasteiger partial charge in [-0.05, 0) is 54.8 Å². The molecule has 1 nitrogen and oxygen atoms in total. The fourth-order valence-electron chi connectivity index (χ4n) is 2.55. The van der Waals surface area contributed by atoms with Crippen molar-refractivity contribution in [3.63, 3.8) is 0 Å². The number of ketones is 1. The lowest BCUT2D eigenvalue weighted by Gasteiger charge is -2.05. The molecular weight excluding hydrogens is 251 g/mol. The third kappa shape index (κ3) is 2.23. The van der Waals surface area contributed by atoms with Gasteiger partial charge in [-0.15, -0.1) is 0 Å². The van der Waals surface area contributed by atoms with E-state index in [4.69, 9.17) is 0 Å². The van der Waals surface area contributed by atoms with Gasteiger partial charge in [0.1, 0.15) is 5.82 Å². The number of benzene rings is 2. The number of carbonyl (C=O) groups is 1. The van der Waals surface area contributed by atoms with Crippen LogP contribution < -0.4 is 0 Å². The van der Waals surface area contributed by atoms with Crippen LogP contribution in [0.2, 0.25) is 0 Å². The minimum atomic E-state index is -0.284. The molecule has 2 aromatic carbocycles. The Bertz CT molecular complexity index is 763. The summed E-state index contributed by atoms with van der Waals surface area (Å²) in [5, 5.41) is 0. The van der Waals surface area contributed by atoms with E-state index in [1.165, 1.54) is 12.1 Å². The van der Waals surface area contributed by atoms with Gasteiger partial charge in [0.15, 0.2) is 5.78 Å². The highest BCUT2D eigenvalue weighted by atomic mass is 19.1. The molecule has 2 aromatic rings. The monoisotopic (exact) mass is 264 g/mol. The van der Waals surface area contributed by atoms with Gasteiger partial charge in [-0.2, -0.15) is 0 Å². The van der Waals surface area contributed by atoms with Gasteiger partial charge in [0.25, 0.3) is 0 Å². The molecule has 0 spiro atoms. The van der Waals surface area contributed by atoms with Crippen LogP contribution in [0.3, 0.4) is 0 Å². The van der Waals surface area contributed by atoms with E-state index in [-0.39, 0.29) is 11.6 Å². The number of Topliss-reactive ketones (excluding diaryl/α,β-unsaturated/α-hetero) is 1. The average Bonchev–Trinajstić information content (AvgIpc) is 2.81. The zero-order chi connectivity index (χ0) is 14.1. The Labute approximate surface area is 117 Å². The summed E-state index contributed by atoms with van der Waals surface area (Å²) in [4.78, 5) is 11.7. The van der Waals surface area contributed by atoms with Crippen molar-refractivity contribution < 1.29 is 9.18 Å². The largest absolute Gasteiger partial charge is 0.294 e. The van der Waals surface area contributed by atoms with E-state index in [2.05, 4.69) is 11.8 Å². The van der Waals surface area contributed by atoms with Crippen LogP contribution in [0.25, 0.3) is 0 Å². The number of halogens is 1. The predicted molar refractivity (Wildman–Crippen MR) is 76.2 cm³/mol. The SMILES string of the molecule is Cc1c(C#Cc2cccc(F)c2)ccc2c1CCC2=O. The lowest BCUT2D eigenvalue weighted by Crippen LogP contribution is -1.95. The highest BCUT2D eigenvalue weighted by Crippen LogP contribution is 2.27. The van der Waals surface area contributed by atoms with Gasteiger partial charge in [0.05, 0.1) is 0 Å². The normalized spacial score (nSPS) is 12.8. The molecule has 0 saturated heterocycles. The number of carbonyl (C=O) groups excluding carboxylic acids is 1. The summed E-state index contributed by atoms with van der Waals surface area (Å²) in [5.41, 5.74) is 4.57. The van der Waals surface area contributed by atoms with Crippen LogP contribution in [0.15, 0.2) is 36.4 Å². The molecule has 20 heavy (non-hydrogen) atoms. The molecule has 0 heterocycles. The van der Waals surface area contributed by atoms with Crippen LogP contribution in [-0.4, -0.2) is 5.78 Å². The molecular formula is C18H13FO. The molecule has 0 atom stereocenters. The zero-order valence-corrected chi connectivity index (χ0v) is 11.2. The Morgan fingerprint density at radius 2 is 1.95 bits per heavy atom. The number of rotatable bonds is 0.